The van der Waals surface area contributed by atoms with Crippen molar-refractivity contribution in [2.24, 2.45) is 0 Å². The molecule has 0 aromatic heterocycles. The zero-order valence-electron chi connectivity index (χ0n) is 22.1. The molecular formula is C30H33Cl3N2O3. The van der Waals surface area contributed by atoms with Crippen LogP contribution in [-0.2, 0) is 22.6 Å². The fourth-order valence-electron chi connectivity index (χ4n) is 4.07. The molecule has 0 saturated carbocycles. The van der Waals surface area contributed by atoms with Crippen LogP contribution >= 0.6 is 34.8 Å². The molecule has 0 aliphatic heterocycles. The minimum atomic E-state index is -0.816. The number of hydrogen-bond donors (Lipinski definition) is 1. The molecule has 0 spiro atoms. The smallest absolute Gasteiger partial charge is 0.261 e. The first kappa shape index (κ1) is 29.8. The lowest BCUT2D eigenvalue weighted by Crippen LogP contribution is -2.53. The molecule has 0 aliphatic carbocycles. The first-order valence-electron chi connectivity index (χ1n) is 12.6. The zero-order valence-corrected chi connectivity index (χ0v) is 24.3. The molecule has 2 amide bonds. The van der Waals surface area contributed by atoms with Crippen LogP contribution in [0, 0.1) is 13.8 Å². The first-order valence-corrected chi connectivity index (χ1v) is 13.7. The fourth-order valence-corrected chi connectivity index (χ4v) is 4.69. The van der Waals surface area contributed by atoms with Crippen molar-refractivity contribution in [3.63, 3.8) is 0 Å². The molecule has 3 aromatic rings. The van der Waals surface area contributed by atoms with Gasteiger partial charge in [0.25, 0.3) is 5.91 Å². The second-order valence-electron chi connectivity index (χ2n) is 9.40. The van der Waals surface area contributed by atoms with Gasteiger partial charge in [0.2, 0.25) is 5.91 Å². The standard InChI is InChI=1S/C30H33Cl3N2O3/c1-5-21(4)34-30(37)27(16-22-10-7-6-8-11-22)35(17-24-25(31)12-9-13-26(24)32)28(36)18-38-23-14-19(2)29(33)20(3)15-23/h6-15,21,27H,5,16-18H2,1-4H3,(H,34,37)/t21-,27+/m1/s1. The Balaban J connectivity index is 1.98. The number of benzene rings is 3. The minimum absolute atomic E-state index is 0.0464. The Morgan fingerprint density at radius 2 is 1.55 bits per heavy atom. The molecule has 2 atom stereocenters. The van der Waals surface area contributed by atoms with Crippen LogP contribution in [0.4, 0.5) is 0 Å². The molecule has 8 heteroatoms. The van der Waals surface area contributed by atoms with E-state index < -0.39 is 6.04 Å². The number of carbonyl (C=O) groups is 2. The number of amides is 2. The van der Waals surface area contributed by atoms with Crippen LogP contribution in [0.1, 0.15) is 42.5 Å². The minimum Gasteiger partial charge on any atom is -0.484 e. The lowest BCUT2D eigenvalue weighted by atomic mass is 10.0. The molecule has 0 saturated heterocycles. The summed E-state index contributed by atoms with van der Waals surface area (Å²) in [7, 11) is 0. The molecule has 0 radical (unpaired) electrons. The Hall–Kier alpha value is -2.73. The second kappa shape index (κ2) is 13.9. The molecule has 0 fully saturated rings. The second-order valence-corrected chi connectivity index (χ2v) is 10.6. The third-order valence-corrected chi connectivity index (χ3v) is 7.74. The van der Waals surface area contributed by atoms with E-state index in [4.69, 9.17) is 39.5 Å². The molecule has 0 aliphatic rings. The van der Waals surface area contributed by atoms with Gasteiger partial charge in [0.05, 0.1) is 0 Å². The molecule has 3 aromatic carbocycles. The van der Waals surface area contributed by atoms with Crippen molar-refractivity contribution >= 4 is 46.6 Å². The summed E-state index contributed by atoms with van der Waals surface area (Å²) >= 11 is 19.3. The highest BCUT2D eigenvalue weighted by molar-refractivity contribution is 6.36. The summed E-state index contributed by atoms with van der Waals surface area (Å²) in [5, 5.41) is 4.53. The number of carbonyl (C=O) groups excluding carboxylic acids is 2. The maximum atomic E-state index is 13.8. The van der Waals surface area contributed by atoms with Crippen LogP contribution in [-0.4, -0.2) is 35.4 Å². The van der Waals surface area contributed by atoms with Crippen LogP contribution in [0.2, 0.25) is 15.1 Å². The van der Waals surface area contributed by atoms with Gasteiger partial charge in [0.1, 0.15) is 11.8 Å². The summed E-state index contributed by atoms with van der Waals surface area (Å²) in [5.74, 6) is -0.0958. The van der Waals surface area contributed by atoms with Gasteiger partial charge in [-0.05, 0) is 68.1 Å². The average Bonchev–Trinajstić information content (AvgIpc) is 2.89. The van der Waals surface area contributed by atoms with Crippen molar-refractivity contribution < 1.29 is 14.3 Å². The van der Waals surface area contributed by atoms with E-state index in [0.29, 0.717) is 32.8 Å². The van der Waals surface area contributed by atoms with Crippen molar-refractivity contribution in [1.82, 2.24) is 10.2 Å². The number of ether oxygens (including phenoxy) is 1. The predicted molar refractivity (Wildman–Crippen MR) is 155 cm³/mol. The van der Waals surface area contributed by atoms with Crippen molar-refractivity contribution in [2.75, 3.05) is 6.61 Å². The summed E-state index contributed by atoms with van der Waals surface area (Å²) in [4.78, 5) is 28.9. The normalized spacial score (nSPS) is 12.5. The lowest BCUT2D eigenvalue weighted by molar-refractivity contribution is -0.143. The Bertz CT molecular complexity index is 1220. The van der Waals surface area contributed by atoms with E-state index in [9.17, 15) is 9.59 Å². The monoisotopic (exact) mass is 574 g/mol. The molecule has 0 unspecified atom stereocenters. The summed E-state index contributed by atoms with van der Waals surface area (Å²) in [6.07, 6.45) is 1.07. The summed E-state index contributed by atoms with van der Waals surface area (Å²) in [5.41, 5.74) is 3.19. The van der Waals surface area contributed by atoms with Crippen LogP contribution in [0.3, 0.4) is 0 Å². The Kier molecular flexibility index (Phi) is 10.9. The molecule has 0 heterocycles. The molecule has 5 nitrogen and oxygen atoms in total. The van der Waals surface area contributed by atoms with Crippen LogP contribution < -0.4 is 10.1 Å². The number of nitrogens with zero attached hydrogens (tertiary/aromatic N) is 1. The van der Waals surface area contributed by atoms with Crippen LogP contribution in [0.25, 0.3) is 0 Å². The van der Waals surface area contributed by atoms with E-state index in [-0.39, 0.29) is 31.0 Å². The number of halogens is 3. The van der Waals surface area contributed by atoms with E-state index in [1.54, 1.807) is 30.3 Å². The third-order valence-electron chi connectivity index (χ3n) is 6.43. The maximum absolute atomic E-state index is 13.8. The van der Waals surface area contributed by atoms with Gasteiger partial charge in [-0.3, -0.25) is 9.59 Å². The molecule has 202 valence electrons. The predicted octanol–water partition coefficient (Wildman–Crippen LogP) is 7.20. The number of aryl methyl sites for hydroxylation is 2. The lowest BCUT2D eigenvalue weighted by Gasteiger charge is -2.32. The van der Waals surface area contributed by atoms with Gasteiger partial charge in [-0.2, -0.15) is 0 Å². The third kappa shape index (κ3) is 7.89. The van der Waals surface area contributed by atoms with Crippen LogP contribution in [0.5, 0.6) is 5.75 Å². The highest BCUT2D eigenvalue weighted by atomic mass is 35.5. The quantitative estimate of drug-likeness (QED) is 0.263. The molecule has 3 rings (SSSR count). The van der Waals surface area contributed by atoms with Gasteiger partial charge in [-0.15, -0.1) is 0 Å². The fraction of sp³-hybridized carbons (Fsp3) is 0.333. The Labute approximate surface area is 240 Å². The van der Waals surface area contributed by atoms with E-state index in [1.165, 1.54) is 4.90 Å². The van der Waals surface area contributed by atoms with E-state index in [2.05, 4.69) is 5.32 Å². The van der Waals surface area contributed by atoms with Gasteiger partial charge < -0.3 is 15.0 Å². The molecule has 1 N–H and O–H groups in total. The van der Waals surface area contributed by atoms with Crippen molar-refractivity contribution in [3.05, 3.63) is 98.0 Å². The van der Waals surface area contributed by atoms with Gasteiger partial charge in [-0.25, -0.2) is 0 Å². The van der Waals surface area contributed by atoms with Gasteiger partial charge in [0, 0.05) is 39.6 Å². The molecule has 0 bridgehead atoms. The summed E-state index contributed by atoms with van der Waals surface area (Å²) < 4.78 is 5.90. The van der Waals surface area contributed by atoms with E-state index in [1.807, 2.05) is 58.0 Å². The Morgan fingerprint density at radius 1 is 0.947 bits per heavy atom. The largest absolute Gasteiger partial charge is 0.484 e. The van der Waals surface area contributed by atoms with Crippen LogP contribution in [0.15, 0.2) is 60.7 Å². The SMILES string of the molecule is CC[C@@H](C)NC(=O)[C@H](Cc1ccccc1)N(Cc1c(Cl)cccc1Cl)C(=O)COc1cc(C)c(Cl)c(C)c1. The van der Waals surface area contributed by atoms with E-state index >= 15 is 0 Å². The first-order chi connectivity index (χ1) is 18.1. The number of rotatable bonds is 11. The zero-order chi connectivity index (χ0) is 27.8. The van der Waals surface area contributed by atoms with Crippen molar-refractivity contribution in [1.29, 1.82) is 0 Å². The van der Waals surface area contributed by atoms with Crippen molar-refractivity contribution in [2.45, 2.75) is 59.2 Å². The Morgan fingerprint density at radius 3 is 2.13 bits per heavy atom. The van der Waals surface area contributed by atoms with E-state index in [0.717, 1.165) is 23.1 Å². The van der Waals surface area contributed by atoms with Gasteiger partial charge >= 0.3 is 0 Å². The van der Waals surface area contributed by atoms with Crippen molar-refractivity contribution in [3.8, 4) is 5.75 Å². The summed E-state index contributed by atoms with van der Waals surface area (Å²) in [6.45, 7) is 7.46. The molecule has 38 heavy (non-hydrogen) atoms. The summed E-state index contributed by atoms with van der Waals surface area (Å²) in [6, 6.07) is 17.5. The number of nitrogens with one attached hydrogen (secondary N) is 1. The van der Waals surface area contributed by atoms with Gasteiger partial charge in [-0.1, -0.05) is 78.1 Å². The highest BCUT2D eigenvalue weighted by Gasteiger charge is 2.32. The maximum Gasteiger partial charge on any atom is 0.261 e. The van der Waals surface area contributed by atoms with Gasteiger partial charge in [0.15, 0.2) is 6.61 Å². The topological polar surface area (TPSA) is 58.6 Å². The molecular weight excluding hydrogens is 543 g/mol. The highest BCUT2D eigenvalue weighted by Crippen LogP contribution is 2.28. The average molecular weight is 576 g/mol. The number of hydrogen-bond acceptors (Lipinski definition) is 3.